The van der Waals surface area contributed by atoms with Crippen molar-refractivity contribution in [3.05, 3.63) is 34.9 Å². The predicted molar refractivity (Wildman–Crippen MR) is 71.0 cm³/mol. The second-order valence-corrected chi connectivity index (χ2v) is 5.04. The average Bonchev–Trinajstić information content (AvgIpc) is 2.72. The van der Waals surface area contributed by atoms with Crippen molar-refractivity contribution in [1.29, 1.82) is 0 Å². The number of rotatable bonds is 3. The van der Waals surface area contributed by atoms with Crippen LogP contribution in [0.5, 0.6) is 0 Å². The molecule has 94 valence electrons. The minimum atomic E-state index is -0.879. The van der Waals surface area contributed by atoms with Gasteiger partial charge in [0.05, 0.1) is 6.61 Å². The number of hydrogen-bond donors (Lipinski definition) is 0. The van der Waals surface area contributed by atoms with Gasteiger partial charge in [-0.25, -0.2) is 4.99 Å². The fourth-order valence-electron chi connectivity index (χ4n) is 1.44. The van der Waals surface area contributed by atoms with E-state index >= 15 is 0 Å². The quantitative estimate of drug-likeness (QED) is 0.631. The molecule has 1 aromatic carbocycles. The van der Waals surface area contributed by atoms with Gasteiger partial charge < -0.3 is 4.74 Å². The number of hydrogen-bond acceptors (Lipinski definition) is 4. The van der Waals surface area contributed by atoms with Crippen molar-refractivity contribution >= 4 is 40.3 Å². The smallest absolute Gasteiger partial charge is 0.329 e. The molecular weight excluding hydrogens is 274 g/mol. The van der Waals surface area contributed by atoms with Gasteiger partial charge in [-0.15, -0.1) is 0 Å². The Kier molecular flexibility index (Phi) is 4.04. The highest BCUT2D eigenvalue weighted by atomic mass is 35.5. The Labute approximate surface area is 113 Å². The second-order valence-electron chi connectivity index (χ2n) is 3.51. The highest BCUT2D eigenvalue weighted by Crippen LogP contribution is 2.28. The highest BCUT2D eigenvalue weighted by Gasteiger charge is 2.36. The van der Waals surface area contributed by atoms with E-state index in [-0.39, 0.29) is 6.61 Å². The lowest BCUT2D eigenvalue weighted by Crippen LogP contribution is -2.25. The van der Waals surface area contributed by atoms with Gasteiger partial charge in [0.2, 0.25) is 0 Å². The van der Waals surface area contributed by atoms with E-state index in [0.29, 0.717) is 10.1 Å². The number of amides is 1. The lowest BCUT2D eigenvalue weighted by atomic mass is 10.2. The molecule has 4 nitrogen and oxygen atoms in total. The van der Waals surface area contributed by atoms with Crippen molar-refractivity contribution in [3.63, 3.8) is 0 Å². The van der Waals surface area contributed by atoms with Crippen LogP contribution in [-0.4, -0.2) is 28.8 Å². The fourth-order valence-corrected chi connectivity index (χ4v) is 2.52. The summed E-state index contributed by atoms with van der Waals surface area (Å²) in [6.07, 6.45) is 0. The molecule has 0 bridgehead atoms. The molecule has 1 aliphatic heterocycles. The van der Waals surface area contributed by atoms with Crippen LogP contribution < -0.4 is 0 Å². The Morgan fingerprint density at radius 1 is 1.44 bits per heavy atom. The SMILES string of the molecule is CCOC(=O)C1SC(c2ccc(Cl)cc2)=NC1=O. The number of halogens is 1. The van der Waals surface area contributed by atoms with Crippen LogP contribution in [0.2, 0.25) is 5.02 Å². The van der Waals surface area contributed by atoms with Crippen LogP contribution in [0.4, 0.5) is 0 Å². The van der Waals surface area contributed by atoms with Crippen molar-refractivity contribution in [1.82, 2.24) is 0 Å². The first kappa shape index (κ1) is 13.1. The van der Waals surface area contributed by atoms with Gasteiger partial charge in [-0.3, -0.25) is 9.59 Å². The van der Waals surface area contributed by atoms with Gasteiger partial charge in [0.15, 0.2) is 5.25 Å². The number of carbonyl (C=O) groups excluding carboxylic acids is 2. The van der Waals surface area contributed by atoms with Gasteiger partial charge >= 0.3 is 5.97 Å². The number of nitrogens with zero attached hydrogens (tertiary/aromatic N) is 1. The van der Waals surface area contributed by atoms with E-state index in [1.165, 1.54) is 0 Å². The lowest BCUT2D eigenvalue weighted by Gasteiger charge is -2.05. The van der Waals surface area contributed by atoms with E-state index in [2.05, 4.69) is 4.99 Å². The van der Waals surface area contributed by atoms with Crippen LogP contribution in [0.25, 0.3) is 0 Å². The van der Waals surface area contributed by atoms with Gasteiger partial charge in [-0.2, -0.15) is 0 Å². The molecule has 0 fully saturated rings. The summed E-state index contributed by atoms with van der Waals surface area (Å²) in [6, 6.07) is 6.94. The molecule has 0 spiro atoms. The van der Waals surface area contributed by atoms with Gasteiger partial charge in [-0.05, 0) is 19.1 Å². The van der Waals surface area contributed by atoms with Crippen molar-refractivity contribution in [2.24, 2.45) is 4.99 Å². The Bertz CT molecular complexity index is 513. The lowest BCUT2D eigenvalue weighted by molar-refractivity contribution is -0.144. The largest absolute Gasteiger partial charge is 0.465 e. The van der Waals surface area contributed by atoms with Crippen molar-refractivity contribution in [2.75, 3.05) is 6.61 Å². The van der Waals surface area contributed by atoms with Gasteiger partial charge in [-0.1, -0.05) is 35.5 Å². The maximum Gasteiger partial charge on any atom is 0.329 e. The first-order valence-corrected chi connectivity index (χ1v) is 6.59. The third-order valence-corrected chi connectivity index (χ3v) is 3.69. The van der Waals surface area contributed by atoms with E-state index in [0.717, 1.165) is 17.3 Å². The summed E-state index contributed by atoms with van der Waals surface area (Å²) in [5.41, 5.74) is 0.768. The van der Waals surface area contributed by atoms with Gasteiger partial charge in [0.1, 0.15) is 5.04 Å². The fraction of sp³-hybridized carbons (Fsp3) is 0.250. The number of esters is 1. The van der Waals surface area contributed by atoms with Crippen molar-refractivity contribution < 1.29 is 14.3 Å². The van der Waals surface area contributed by atoms with E-state index in [9.17, 15) is 9.59 Å². The minimum absolute atomic E-state index is 0.249. The Balaban J connectivity index is 2.14. The summed E-state index contributed by atoms with van der Waals surface area (Å²) >= 11 is 6.89. The molecule has 0 saturated carbocycles. The van der Waals surface area contributed by atoms with Gasteiger partial charge in [0, 0.05) is 10.6 Å². The van der Waals surface area contributed by atoms with E-state index in [1.54, 1.807) is 31.2 Å². The maximum absolute atomic E-state index is 11.6. The molecule has 18 heavy (non-hydrogen) atoms. The normalized spacial score (nSPS) is 18.7. The average molecular weight is 284 g/mol. The molecule has 1 unspecified atom stereocenters. The molecule has 0 saturated heterocycles. The Hall–Kier alpha value is -1.33. The molecule has 0 radical (unpaired) electrons. The minimum Gasteiger partial charge on any atom is -0.465 e. The van der Waals surface area contributed by atoms with Crippen molar-refractivity contribution in [3.8, 4) is 0 Å². The first-order valence-electron chi connectivity index (χ1n) is 5.33. The van der Waals surface area contributed by atoms with E-state index in [1.807, 2.05) is 0 Å². The molecule has 0 N–H and O–H groups in total. The maximum atomic E-state index is 11.6. The standard InChI is InChI=1S/C12H10ClNO3S/c1-2-17-12(16)9-10(15)14-11(18-9)7-3-5-8(13)6-4-7/h3-6,9H,2H2,1H3. The van der Waals surface area contributed by atoms with Crippen LogP contribution in [0, 0.1) is 0 Å². The Morgan fingerprint density at radius 2 is 2.11 bits per heavy atom. The van der Waals surface area contributed by atoms with Gasteiger partial charge in [0.25, 0.3) is 5.91 Å². The van der Waals surface area contributed by atoms with E-state index in [4.69, 9.17) is 16.3 Å². The number of ether oxygens (including phenoxy) is 1. The molecule has 0 aliphatic carbocycles. The molecule has 1 atom stereocenters. The molecule has 0 aromatic heterocycles. The molecule has 1 aliphatic rings. The number of carbonyl (C=O) groups is 2. The van der Waals surface area contributed by atoms with Crippen LogP contribution in [-0.2, 0) is 14.3 Å². The zero-order chi connectivity index (χ0) is 13.1. The van der Waals surface area contributed by atoms with E-state index < -0.39 is 17.1 Å². The molecule has 1 heterocycles. The summed E-state index contributed by atoms with van der Waals surface area (Å²) in [7, 11) is 0. The zero-order valence-electron chi connectivity index (χ0n) is 9.55. The summed E-state index contributed by atoms with van der Waals surface area (Å²) in [6.45, 7) is 1.95. The third-order valence-electron chi connectivity index (χ3n) is 2.26. The topological polar surface area (TPSA) is 55.7 Å². The van der Waals surface area contributed by atoms with Crippen LogP contribution >= 0.6 is 23.4 Å². The predicted octanol–water partition coefficient (Wildman–Crippen LogP) is 2.29. The highest BCUT2D eigenvalue weighted by molar-refractivity contribution is 8.16. The monoisotopic (exact) mass is 283 g/mol. The zero-order valence-corrected chi connectivity index (χ0v) is 11.1. The first-order chi connectivity index (χ1) is 8.61. The third kappa shape index (κ3) is 2.73. The summed E-state index contributed by atoms with van der Waals surface area (Å²) in [5.74, 6) is -1.01. The molecule has 2 rings (SSSR count). The van der Waals surface area contributed by atoms with Crippen LogP contribution in [0.15, 0.2) is 29.3 Å². The molecule has 6 heteroatoms. The van der Waals surface area contributed by atoms with Crippen LogP contribution in [0.3, 0.4) is 0 Å². The van der Waals surface area contributed by atoms with Crippen LogP contribution in [0.1, 0.15) is 12.5 Å². The molecular formula is C12H10ClNO3S. The Morgan fingerprint density at radius 3 is 2.72 bits per heavy atom. The van der Waals surface area contributed by atoms with Crippen molar-refractivity contribution in [2.45, 2.75) is 12.2 Å². The number of thioether (sulfide) groups is 1. The summed E-state index contributed by atoms with van der Waals surface area (Å²) in [4.78, 5) is 27.0. The molecule has 1 amide bonds. The summed E-state index contributed by atoms with van der Waals surface area (Å²) < 4.78 is 4.82. The second kappa shape index (κ2) is 5.54. The number of benzene rings is 1. The summed E-state index contributed by atoms with van der Waals surface area (Å²) in [5, 5.41) is 0.251. The number of aliphatic imine (C=N–C) groups is 1. The molecule has 1 aromatic rings.